The maximum absolute atomic E-state index is 11.2. The lowest BCUT2D eigenvalue weighted by atomic mass is 10.1. The number of aliphatic carboxylic acids is 1. The Labute approximate surface area is 172 Å². The van der Waals surface area contributed by atoms with Crippen LogP contribution < -0.4 is 14.8 Å². The van der Waals surface area contributed by atoms with Crippen LogP contribution in [0.4, 0.5) is 0 Å². The SMILES string of the molecule is COc1ccc2c(OC3CN[C@H](C(=O)O)C3)cc(-c3nc(C(C)C)cs3)nc2c1. The van der Waals surface area contributed by atoms with Crippen LogP contribution in [0.1, 0.15) is 31.9 Å². The van der Waals surface area contributed by atoms with Crippen LogP contribution in [-0.2, 0) is 4.79 Å². The third kappa shape index (κ3) is 4.04. The van der Waals surface area contributed by atoms with Crippen molar-refractivity contribution in [3.8, 4) is 22.2 Å². The zero-order valence-electron chi connectivity index (χ0n) is 16.5. The van der Waals surface area contributed by atoms with Gasteiger partial charge in [-0.1, -0.05) is 13.8 Å². The first-order chi connectivity index (χ1) is 13.9. The van der Waals surface area contributed by atoms with Gasteiger partial charge < -0.3 is 19.9 Å². The fourth-order valence-corrected chi connectivity index (χ4v) is 4.28. The van der Waals surface area contributed by atoms with Crippen LogP contribution in [0.15, 0.2) is 29.6 Å². The van der Waals surface area contributed by atoms with Crippen LogP contribution >= 0.6 is 11.3 Å². The molecule has 1 fully saturated rings. The van der Waals surface area contributed by atoms with E-state index >= 15 is 0 Å². The van der Waals surface area contributed by atoms with Crippen LogP contribution in [0.2, 0.25) is 0 Å². The van der Waals surface area contributed by atoms with Crippen molar-refractivity contribution >= 4 is 28.2 Å². The van der Waals surface area contributed by atoms with E-state index in [9.17, 15) is 9.90 Å². The van der Waals surface area contributed by atoms with Gasteiger partial charge in [0.1, 0.15) is 34.3 Å². The van der Waals surface area contributed by atoms with Gasteiger partial charge in [0, 0.05) is 35.9 Å². The first-order valence-corrected chi connectivity index (χ1v) is 10.4. The van der Waals surface area contributed by atoms with Crippen molar-refractivity contribution in [2.45, 2.75) is 38.3 Å². The highest BCUT2D eigenvalue weighted by Gasteiger charge is 2.31. The molecule has 7 nitrogen and oxygen atoms in total. The molecule has 4 rings (SSSR count). The summed E-state index contributed by atoms with van der Waals surface area (Å²) >= 11 is 1.55. The molecule has 0 spiro atoms. The molecule has 0 saturated carbocycles. The Kier molecular flexibility index (Phi) is 5.38. The number of benzene rings is 1. The molecule has 1 saturated heterocycles. The molecule has 3 aromatic rings. The second-order valence-electron chi connectivity index (χ2n) is 7.40. The summed E-state index contributed by atoms with van der Waals surface area (Å²) in [7, 11) is 1.62. The summed E-state index contributed by atoms with van der Waals surface area (Å²) < 4.78 is 11.6. The topological polar surface area (TPSA) is 93.6 Å². The lowest BCUT2D eigenvalue weighted by Crippen LogP contribution is -2.30. The number of ether oxygens (including phenoxy) is 2. The Morgan fingerprint density at radius 1 is 1.31 bits per heavy atom. The van der Waals surface area contributed by atoms with Crippen LogP contribution in [0.5, 0.6) is 11.5 Å². The Morgan fingerprint density at radius 3 is 2.79 bits per heavy atom. The number of hydrogen-bond donors (Lipinski definition) is 2. The maximum Gasteiger partial charge on any atom is 0.320 e. The van der Waals surface area contributed by atoms with E-state index in [1.54, 1.807) is 18.4 Å². The number of carbonyl (C=O) groups is 1. The van der Waals surface area contributed by atoms with Crippen molar-refractivity contribution in [1.82, 2.24) is 15.3 Å². The van der Waals surface area contributed by atoms with Gasteiger partial charge in [-0.25, -0.2) is 9.97 Å². The fourth-order valence-electron chi connectivity index (χ4n) is 3.34. The second kappa shape index (κ2) is 7.96. The van der Waals surface area contributed by atoms with Gasteiger partial charge >= 0.3 is 5.97 Å². The molecule has 2 atom stereocenters. The summed E-state index contributed by atoms with van der Waals surface area (Å²) in [4.78, 5) is 20.7. The molecular formula is C21H23N3O4S. The Bertz CT molecular complexity index is 1050. The molecule has 0 bridgehead atoms. The number of nitrogens with one attached hydrogen (secondary N) is 1. The van der Waals surface area contributed by atoms with Gasteiger partial charge in [0.25, 0.3) is 0 Å². The number of carboxylic acid groups (broad SMARTS) is 1. The number of hydrogen-bond acceptors (Lipinski definition) is 7. The van der Waals surface area contributed by atoms with Gasteiger partial charge in [-0.05, 0) is 18.1 Å². The van der Waals surface area contributed by atoms with Crippen molar-refractivity contribution in [3.05, 3.63) is 35.3 Å². The van der Waals surface area contributed by atoms with Crippen molar-refractivity contribution in [1.29, 1.82) is 0 Å². The van der Waals surface area contributed by atoms with Gasteiger partial charge in [0.15, 0.2) is 0 Å². The van der Waals surface area contributed by atoms with Gasteiger partial charge in [0.05, 0.1) is 18.3 Å². The van der Waals surface area contributed by atoms with Gasteiger partial charge in [-0.15, -0.1) is 11.3 Å². The van der Waals surface area contributed by atoms with E-state index in [2.05, 4.69) is 24.5 Å². The number of thiazole rings is 1. The number of pyridine rings is 1. The first-order valence-electron chi connectivity index (χ1n) is 9.52. The monoisotopic (exact) mass is 413 g/mol. The van der Waals surface area contributed by atoms with Crippen molar-refractivity contribution in [2.75, 3.05) is 13.7 Å². The molecule has 3 heterocycles. The molecule has 2 N–H and O–H groups in total. The highest BCUT2D eigenvalue weighted by atomic mass is 32.1. The molecule has 8 heteroatoms. The predicted molar refractivity (Wildman–Crippen MR) is 112 cm³/mol. The minimum Gasteiger partial charge on any atom is -0.497 e. The summed E-state index contributed by atoms with van der Waals surface area (Å²) in [6.45, 7) is 4.71. The smallest absolute Gasteiger partial charge is 0.320 e. The Hall–Kier alpha value is -2.71. The molecular weight excluding hydrogens is 390 g/mol. The largest absolute Gasteiger partial charge is 0.497 e. The molecule has 2 aromatic heterocycles. The standard InChI is InChI=1S/C21H23N3O4S/c1-11(2)18-10-29-20(24-18)16-8-19(28-13-7-17(21(25)26)22-9-13)14-5-4-12(27-3)6-15(14)23-16/h4-6,8,10-11,13,17,22H,7,9H2,1-3H3,(H,25,26)/t13?,17-/m0/s1. The number of aromatic nitrogens is 2. The average Bonchev–Trinajstić information content (AvgIpc) is 3.37. The molecule has 1 aromatic carbocycles. The minimum atomic E-state index is -0.856. The van der Waals surface area contributed by atoms with E-state index in [0.29, 0.717) is 30.4 Å². The molecule has 1 aliphatic rings. The predicted octanol–water partition coefficient (Wildman–Crippen LogP) is 3.68. The zero-order valence-corrected chi connectivity index (χ0v) is 17.3. The van der Waals surface area contributed by atoms with Crippen molar-refractivity contribution < 1.29 is 19.4 Å². The quantitative estimate of drug-likeness (QED) is 0.637. The van der Waals surface area contributed by atoms with Gasteiger partial charge in [-0.3, -0.25) is 4.79 Å². The van der Waals surface area contributed by atoms with E-state index in [-0.39, 0.29) is 6.10 Å². The van der Waals surface area contributed by atoms with Gasteiger partial charge in [0.2, 0.25) is 0 Å². The highest BCUT2D eigenvalue weighted by molar-refractivity contribution is 7.13. The van der Waals surface area contributed by atoms with Crippen molar-refractivity contribution in [3.63, 3.8) is 0 Å². The number of methoxy groups -OCH3 is 1. The number of carboxylic acids is 1. The molecule has 0 aliphatic carbocycles. The molecule has 152 valence electrons. The third-order valence-electron chi connectivity index (χ3n) is 4.99. The third-order valence-corrected chi connectivity index (χ3v) is 5.88. The first kappa shape index (κ1) is 19.6. The zero-order chi connectivity index (χ0) is 20.5. The highest BCUT2D eigenvalue weighted by Crippen LogP contribution is 2.35. The van der Waals surface area contributed by atoms with Crippen LogP contribution in [0.3, 0.4) is 0 Å². The summed E-state index contributed by atoms with van der Waals surface area (Å²) in [5.74, 6) is 0.870. The fraction of sp³-hybridized carbons (Fsp3) is 0.381. The Morgan fingerprint density at radius 2 is 2.14 bits per heavy atom. The average molecular weight is 413 g/mol. The minimum absolute atomic E-state index is 0.223. The van der Waals surface area contributed by atoms with E-state index in [4.69, 9.17) is 19.4 Å². The molecule has 1 aliphatic heterocycles. The summed E-state index contributed by atoms with van der Waals surface area (Å²) in [5.41, 5.74) is 2.52. The summed E-state index contributed by atoms with van der Waals surface area (Å²) in [6.07, 6.45) is 0.193. The normalized spacial score (nSPS) is 19.0. The van der Waals surface area contributed by atoms with Crippen LogP contribution in [0, 0.1) is 0 Å². The van der Waals surface area contributed by atoms with E-state index in [0.717, 1.165) is 27.3 Å². The van der Waals surface area contributed by atoms with E-state index < -0.39 is 12.0 Å². The van der Waals surface area contributed by atoms with Gasteiger partial charge in [-0.2, -0.15) is 0 Å². The second-order valence-corrected chi connectivity index (χ2v) is 8.25. The number of nitrogens with zero attached hydrogens (tertiary/aromatic N) is 2. The molecule has 1 unspecified atom stereocenters. The van der Waals surface area contributed by atoms with E-state index in [1.165, 1.54) is 0 Å². The lowest BCUT2D eigenvalue weighted by Gasteiger charge is -2.16. The molecule has 0 radical (unpaired) electrons. The summed E-state index contributed by atoms with van der Waals surface area (Å²) in [5, 5.41) is 15.9. The number of rotatable bonds is 6. The lowest BCUT2D eigenvalue weighted by molar-refractivity contribution is -0.139. The summed E-state index contributed by atoms with van der Waals surface area (Å²) in [6, 6.07) is 6.96. The van der Waals surface area contributed by atoms with Crippen LogP contribution in [-0.4, -0.2) is 46.8 Å². The molecule has 0 amide bonds. The maximum atomic E-state index is 11.2. The molecule has 29 heavy (non-hydrogen) atoms. The number of fused-ring (bicyclic) bond motifs is 1. The van der Waals surface area contributed by atoms with Crippen molar-refractivity contribution in [2.24, 2.45) is 0 Å². The van der Waals surface area contributed by atoms with E-state index in [1.807, 2.05) is 24.3 Å². The van der Waals surface area contributed by atoms with Crippen LogP contribution in [0.25, 0.3) is 21.6 Å². The Balaban J connectivity index is 1.74.